The van der Waals surface area contributed by atoms with Crippen LogP contribution in [0.25, 0.3) is 27.1 Å². The summed E-state index contributed by atoms with van der Waals surface area (Å²) in [5.74, 6) is 0. The van der Waals surface area contributed by atoms with E-state index in [0.717, 1.165) is 38.5 Å². The molecule has 3 aliphatic carbocycles. The van der Waals surface area contributed by atoms with Crippen LogP contribution in [-0.2, 0) is 0 Å². The highest BCUT2D eigenvalue weighted by molar-refractivity contribution is 5.98. The molecule has 0 radical (unpaired) electrons. The Bertz CT molecular complexity index is 2090. The maximum atomic E-state index is 2.52. The van der Waals surface area contributed by atoms with Crippen LogP contribution in [0.5, 0.6) is 0 Å². The fourth-order valence-electron chi connectivity index (χ4n) is 7.15. The molecule has 0 unspecified atom stereocenters. The van der Waals surface area contributed by atoms with Crippen LogP contribution in [-0.4, -0.2) is 0 Å². The Hall–Kier alpha value is -5.34. The summed E-state index contributed by atoms with van der Waals surface area (Å²) in [5, 5.41) is 5.10. The van der Waals surface area contributed by atoms with Gasteiger partial charge in [-0.05, 0) is 103 Å². The van der Waals surface area contributed by atoms with Crippen molar-refractivity contribution in [2.75, 3.05) is 9.80 Å². The molecule has 0 atom stereocenters. The predicted molar refractivity (Wildman–Crippen MR) is 197 cm³/mol. The van der Waals surface area contributed by atoms with Crippen molar-refractivity contribution in [1.29, 1.82) is 0 Å². The van der Waals surface area contributed by atoms with Gasteiger partial charge in [0.15, 0.2) is 0 Å². The molecule has 5 aromatic carbocycles. The van der Waals surface area contributed by atoms with Crippen molar-refractivity contribution in [2.24, 2.45) is 0 Å². The second-order valence-corrected chi connectivity index (χ2v) is 12.3. The van der Waals surface area contributed by atoms with Gasteiger partial charge in [0.05, 0.1) is 11.4 Å². The minimum absolute atomic E-state index is 0.998. The second-order valence-electron chi connectivity index (χ2n) is 12.3. The van der Waals surface area contributed by atoms with E-state index in [4.69, 9.17) is 0 Å². The first-order valence-corrected chi connectivity index (χ1v) is 16.6. The van der Waals surface area contributed by atoms with Crippen molar-refractivity contribution in [2.45, 2.75) is 38.5 Å². The first-order chi connectivity index (χ1) is 22.8. The zero-order valence-electron chi connectivity index (χ0n) is 26.1. The molecule has 0 saturated heterocycles. The zero-order valence-corrected chi connectivity index (χ0v) is 26.1. The summed E-state index contributed by atoms with van der Waals surface area (Å²) in [5.41, 5.74) is 10.3. The van der Waals surface area contributed by atoms with E-state index in [-0.39, 0.29) is 0 Å². The molecule has 0 bridgehead atoms. The summed E-state index contributed by atoms with van der Waals surface area (Å²) in [4.78, 5) is 4.94. The molecule has 46 heavy (non-hydrogen) atoms. The van der Waals surface area contributed by atoms with E-state index in [0.29, 0.717) is 0 Å². The molecule has 2 heteroatoms. The first-order valence-electron chi connectivity index (χ1n) is 16.6. The lowest BCUT2D eigenvalue weighted by molar-refractivity contribution is 0.845. The number of fused-ring (bicyclic) bond motifs is 2. The SMILES string of the molecule is C1=CCCC(N(C2=CC=C(c3ccc(N(C4=CCCC=C4)c4cccc5ccccc45)cc3)CC2)c2cccc3ccccc23)=C1. The fraction of sp³-hybridized carbons (Fsp3) is 0.136. The van der Waals surface area contributed by atoms with Crippen LogP contribution in [0.4, 0.5) is 17.1 Å². The summed E-state index contributed by atoms with van der Waals surface area (Å²) in [6.07, 6.45) is 24.7. The lowest BCUT2D eigenvalue weighted by atomic mass is 9.93. The van der Waals surface area contributed by atoms with Crippen LogP contribution in [0.1, 0.15) is 44.1 Å². The summed E-state index contributed by atoms with van der Waals surface area (Å²) in [6.45, 7) is 0. The molecule has 0 heterocycles. The van der Waals surface area contributed by atoms with Gasteiger partial charge < -0.3 is 9.80 Å². The molecule has 224 valence electrons. The van der Waals surface area contributed by atoms with Gasteiger partial charge in [-0.3, -0.25) is 0 Å². The number of nitrogens with zero attached hydrogens (tertiary/aromatic N) is 2. The summed E-state index contributed by atoms with van der Waals surface area (Å²) in [6, 6.07) is 39.9. The summed E-state index contributed by atoms with van der Waals surface area (Å²) >= 11 is 0. The number of rotatable bonds is 7. The lowest BCUT2D eigenvalue weighted by Crippen LogP contribution is -2.23. The normalized spacial score (nSPS) is 16.1. The standard InChI is InChI=1S/C44H38N2/c1-3-17-37(18-4-1)45(43-23-11-15-35-13-7-9-21-41(35)43)39-29-25-33(26-30-39)34-27-31-40(32-28-34)46(38-19-5-2-6-20-38)44-24-12-16-36-14-8-10-22-42(36)44/h1,3,5,7-17,19-25,27-29,31-32H,2,4,6,18,26,30H2. The molecular weight excluding hydrogens is 556 g/mol. The monoisotopic (exact) mass is 594 g/mol. The molecular formula is C44H38N2. The second kappa shape index (κ2) is 12.6. The Balaban J connectivity index is 1.14. The third kappa shape index (κ3) is 5.41. The Kier molecular flexibility index (Phi) is 7.70. The maximum Gasteiger partial charge on any atom is 0.0539 e. The van der Waals surface area contributed by atoms with Crippen LogP contribution in [0.3, 0.4) is 0 Å². The first kappa shape index (κ1) is 28.2. The Morgan fingerprint density at radius 3 is 1.78 bits per heavy atom. The fourth-order valence-corrected chi connectivity index (χ4v) is 7.15. The van der Waals surface area contributed by atoms with E-state index in [2.05, 4.69) is 168 Å². The zero-order chi connectivity index (χ0) is 30.7. The molecule has 0 amide bonds. The molecule has 0 aromatic heterocycles. The topological polar surface area (TPSA) is 6.48 Å². The van der Waals surface area contributed by atoms with E-state index in [1.165, 1.54) is 66.8 Å². The van der Waals surface area contributed by atoms with Gasteiger partial charge in [0, 0.05) is 33.6 Å². The molecule has 0 N–H and O–H groups in total. The smallest absolute Gasteiger partial charge is 0.0539 e. The van der Waals surface area contributed by atoms with Crippen molar-refractivity contribution in [3.05, 3.63) is 180 Å². The molecule has 2 nitrogen and oxygen atoms in total. The average molecular weight is 595 g/mol. The van der Waals surface area contributed by atoms with Gasteiger partial charge in [-0.2, -0.15) is 0 Å². The number of benzene rings is 5. The maximum absolute atomic E-state index is 2.52. The van der Waals surface area contributed by atoms with E-state index in [9.17, 15) is 0 Å². The van der Waals surface area contributed by atoms with E-state index >= 15 is 0 Å². The Morgan fingerprint density at radius 2 is 1.15 bits per heavy atom. The molecule has 0 fully saturated rings. The highest BCUT2D eigenvalue weighted by Gasteiger charge is 2.22. The van der Waals surface area contributed by atoms with Crippen molar-refractivity contribution in [1.82, 2.24) is 0 Å². The average Bonchev–Trinajstić information content (AvgIpc) is 3.14. The molecule has 0 saturated carbocycles. The molecule has 0 aliphatic heterocycles. The largest absolute Gasteiger partial charge is 0.317 e. The lowest BCUT2D eigenvalue weighted by Gasteiger charge is -2.33. The number of allylic oxidation sites excluding steroid dienone is 11. The predicted octanol–water partition coefficient (Wildman–Crippen LogP) is 12.2. The van der Waals surface area contributed by atoms with E-state index in [1.807, 2.05) is 0 Å². The third-order valence-corrected chi connectivity index (χ3v) is 9.44. The van der Waals surface area contributed by atoms with Crippen molar-refractivity contribution in [3.63, 3.8) is 0 Å². The Labute approximate surface area is 272 Å². The summed E-state index contributed by atoms with van der Waals surface area (Å²) in [7, 11) is 0. The Morgan fingerprint density at radius 1 is 0.478 bits per heavy atom. The van der Waals surface area contributed by atoms with Crippen molar-refractivity contribution in [3.8, 4) is 0 Å². The number of hydrogen-bond donors (Lipinski definition) is 0. The van der Waals surface area contributed by atoms with Gasteiger partial charge in [-0.25, -0.2) is 0 Å². The third-order valence-electron chi connectivity index (χ3n) is 9.44. The van der Waals surface area contributed by atoms with Gasteiger partial charge in [-0.15, -0.1) is 0 Å². The number of hydrogen-bond acceptors (Lipinski definition) is 2. The van der Waals surface area contributed by atoms with Gasteiger partial charge >= 0.3 is 0 Å². The van der Waals surface area contributed by atoms with Gasteiger partial charge in [0.1, 0.15) is 0 Å². The minimum atomic E-state index is 0.998. The van der Waals surface area contributed by atoms with Crippen LogP contribution in [0, 0.1) is 0 Å². The molecule has 5 aromatic rings. The molecule has 8 rings (SSSR count). The van der Waals surface area contributed by atoms with Crippen LogP contribution in [0.2, 0.25) is 0 Å². The quantitative estimate of drug-likeness (QED) is 0.185. The van der Waals surface area contributed by atoms with Gasteiger partial charge in [0.25, 0.3) is 0 Å². The van der Waals surface area contributed by atoms with Crippen LogP contribution >= 0.6 is 0 Å². The highest BCUT2D eigenvalue weighted by Crippen LogP contribution is 2.40. The van der Waals surface area contributed by atoms with Crippen molar-refractivity contribution >= 4 is 44.2 Å². The van der Waals surface area contributed by atoms with E-state index in [1.54, 1.807) is 0 Å². The van der Waals surface area contributed by atoms with Crippen LogP contribution in [0.15, 0.2) is 175 Å². The van der Waals surface area contributed by atoms with Gasteiger partial charge in [0.2, 0.25) is 0 Å². The minimum Gasteiger partial charge on any atom is -0.317 e. The molecule has 0 spiro atoms. The van der Waals surface area contributed by atoms with Crippen LogP contribution < -0.4 is 9.80 Å². The van der Waals surface area contributed by atoms with Gasteiger partial charge in [-0.1, -0.05) is 115 Å². The molecule has 3 aliphatic rings. The highest BCUT2D eigenvalue weighted by atomic mass is 15.2. The van der Waals surface area contributed by atoms with E-state index < -0.39 is 0 Å². The number of anilines is 3. The summed E-state index contributed by atoms with van der Waals surface area (Å²) < 4.78 is 0. The van der Waals surface area contributed by atoms with Crippen molar-refractivity contribution < 1.29 is 0 Å².